The first-order chi connectivity index (χ1) is 10.8. The van der Waals surface area contributed by atoms with E-state index in [1.807, 2.05) is 54.6 Å². The maximum atomic E-state index is 12.1. The first kappa shape index (κ1) is 13.8. The van der Waals surface area contributed by atoms with Gasteiger partial charge < -0.3 is 10.6 Å². The molecule has 3 aromatic rings. The molecule has 3 rings (SSSR count). The average Bonchev–Trinajstić information content (AvgIpc) is 2.58. The summed E-state index contributed by atoms with van der Waals surface area (Å²) in [5.41, 5.74) is 3.32. The smallest absolute Gasteiger partial charge is 0.255 e. The molecule has 0 saturated heterocycles. The molecule has 0 aliphatic rings. The Hall–Kier alpha value is -3.14. The molecule has 4 nitrogen and oxygen atoms in total. The molecule has 0 fully saturated rings. The van der Waals surface area contributed by atoms with Crippen LogP contribution >= 0.6 is 0 Å². The molecular weight excluding hydrogens is 274 g/mol. The van der Waals surface area contributed by atoms with Gasteiger partial charge in [0.2, 0.25) is 0 Å². The number of pyridine rings is 1. The Balaban J connectivity index is 1.66. The molecule has 0 spiro atoms. The van der Waals surface area contributed by atoms with E-state index < -0.39 is 0 Å². The summed E-state index contributed by atoms with van der Waals surface area (Å²) < 4.78 is 0. The molecular formula is C18H15N3O. The molecule has 108 valence electrons. The lowest BCUT2D eigenvalue weighted by molar-refractivity contribution is 0.102. The molecule has 0 unspecified atom stereocenters. The van der Waals surface area contributed by atoms with Crippen LogP contribution in [0.4, 0.5) is 17.1 Å². The van der Waals surface area contributed by atoms with E-state index >= 15 is 0 Å². The van der Waals surface area contributed by atoms with Crippen molar-refractivity contribution in [1.82, 2.24) is 4.98 Å². The highest BCUT2D eigenvalue weighted by Crippen LogP contribution is 2.18. The minimum atomic E-state index is -0.115. The van der Waals surface area contributed by atoms with E-state index in [1.54, 1.807) is 24.5 Å². The predicted molar refractivity (Wildman–Crippen MR) is 88.4 cm³/mol. The molecule has 2 aromatic carbocycles. The molecule has 0 aliphatic carbocycles. The second-order valence-electron chi connectivity index (χ2n) is 4.76. The number of nitrogens with one attached hydrogen (secondary N) is 2. The van der Waals surface area contributed by atoms with Gasteiger partial charge in [0, 0.05) is 35.0 Å². The van der Waals surface area contributed by atoms with Crippen molar-refractivity contribution in [3.63, 3.8) is 0 Å². The Kier molecular flexibility index (Phi) is 4.11. The van der Waals surface area contributed by atoms with Crippen LogP contribution in [0.5, 0.6) is 0 Å². The molecule has 0 aliphatic heterocycles. The Morgan fingerprint density at radius 2 is 1.32 bits per heavy atom. The quantitative estimate of drug-likeness (QED) is 0.761. The van der Waals surface area contributed by atoms with E-state index in [0.717, 1.165) is 17.1 Å². The fourth-order valence-corrected chi connectivity index (χ4v) is 2.03. The first-order valence-electron chi connectivity index (χ1n) is 6.95. The summed E-state index contributed by atoms with van der Waals surface area (Å²) in [6.45, 7) is 0. The van der Waals surface area contributed by atoms with E-state index in [4.69, 9.17) is 0 Å². The average molecular weight is 289 g/mol. The molecule has 1 heterocycles. The summed E-state index contributed by atoms with van der Waals surface area (Å²) in [4.78, 5) is 16.0. The predicted octanol–water partition coefficient (Wildman–Crippen LogP) is 4.08. The second kappa shape index (κ2) is 6.54. The van der Waals surface area contributed by atoms with Crippen LogP contribution in [-0.2, 0) is 0 Å². The van der Waals surface area contributed by atoms with E-state index in [0.29, 0.717) is 5.56 Å². The van der Waals surface area contributed by atoms with Gasteiger partial charge in [-0.15, -0.1) is 0 Å². The zero-order valence-electron chi connectivity index (χ0n) is 11.9. The van der Waals surface area contributed by atoms with E-state index in [2.05, 4.69) is 15.6 Å². The van der Waals surface area contributed by atoms with Crippen molar-refractivity contribution in [2.75, 3.05) is 10.6 Å². The minimum absolute atomic E-state index is 0.115. The number of anilines is 3. The van der Waals surface area contributed by atoms with Crippen molar-refractivity contribution < 1.29 is 4.79 Å². The number of rotatable bonds is 4. The molecule has 0 saturated carbocycles. The van der Waals surface area contributed by atoms with Crippen LogP contribution in [0, 0.1) is 0 Å². The SMILES string of the molecule is O=C(Nc1ccc(Nc2ccncc2)cc1)c1ccccc1. The summed E-state index contributed by atoms with van der Waals surface area (Å²) in [5.74, 6) is -0.115. The van der Waals surface area contributed by atoms with E-state index in [9.17, 15) is 4.79 Å². The topological polar surface area (TPSA) is 54.0 Å². The normalized spacial score (nSPS) is 10.0. The van der Waals surface area contributed by atoms with Crippen LogP contribution in [-0.4, -0.2) is 10.9 Å². The van der Waals surface area contributed by atoms with Gasteiger partial charge in [0.25, 0.3) is 5.91 Å². The van der Waals surface area contributed by atoms with Crippen LogP contribution in [0.15, 0.2) is 79.1 Å². The third-order valence-corrected chi connectivity index (χ3v) is 3.15. The summed E-state index contributed by atoms with van der Waals surface area (Å²) in [7, 11) is 0. The summed E-state index contributed by atoms with van der Waals surface area (Å²) in [6.07, 6.45) is 3.47. The number of carbonyl (C=O) groups is 1. The van der Waals surface area contributed by atoms with Gasteiger partial charge in [-0.3, -0.25) is 9.78 Å². The fraction of sp³-hybridized carbons (Fsp3) is 0. The Bertz CT molecular complexity index is 740. The van der Waals surface area contributed by atoms with Gasteiger partial charge in [-0.1, -0.05) is 18.2 Å². The zero-order valence-corrected chi connectivity index (χ0v) is 11.9. The number of amides is 1. The van der Waals surface area contributed by atoms with Crippen molar-refractivity contribution in [2.24, 2.45) is 0 Å². The van der Waals surface area contributed by atoms with Crippen LogP contribution in [0.3, 0.4) is 0 Å². The van der Waals surface area contributed by atoms with Gasteiger partial charge >= 0.3 is 0 Å². The van der Waals surface area contributed by atoms with Crippen LogP contribution < -0.4 is 10.6 Å². The third-order valence-electron chi connectivity index (χ3n) is 3.15. The molecule has 22 heavy (non-hydrogen) atoms. The van der Waals surface area contributed by atoms with Crippen molar-refractivity contribution in [1.29, 1.82) is 0 Å². The fourth-order valence-electron chi connectivity index (χ4n) is 2.03. The Morgan fingerprint density at radius 3 is 2.00 bits per heavy atom. The number of aromatic nitrogens is 1. The maximum Gasteiger partial charge on any atom is 0.255 e. The third kappa shape index (κ3) is 3.49. The summed E-state index contributed by atoms with van der Waals surface area (Å²) in [5, 5.41) is 6.14. The lowest BCUT2D eigenvalue weighted by atomic mass is 10.2. The lowest BCUT2D eigenvalue weighted by Gasteiger charge is -2.08. The van der Waals surface area contributed by atoms with Crippen LogP contribution in [0.2, 0.25) is 0 Å². The monoisotopic (exact) mass is 289 g/mol. The van der Waals surface area contributed by atoms with Gasteiger partial charge in [0.05, 0.1) is 0 Å². The number of benzene rings is 2. The van der Waals surface area contributed by atoms with Gasteiger partial charge in [0.15, 0.2) is 0 Å². The lowest BCUT2D eigenvalue weighted by Crippen LogP contribution is -2.11. The highest BCUT2D eigenvalue weighted by molar-refractivity contribution is 6.04. The Morgan fingerprint density at radius 1 is 0.727 bits per heavy atom. The molecule has 0 radical (unpaired) electrons. The highest BCUT2D eigenvalue weighted by Gasteiger charge is 2.04. The second-order valence-corrected chi connectivity index (χ2v) is 4.76. The molecule has 1 aromatic heterocycles. The number of hydrogen-bond donors (Lipinski definition) is 2. The van der Waals surface area contributed by atoms with E-state index in [-0.39, 0.29) is 5.91 Å². The Labute approximate surface area is 128 Å². The largest absolute Gasteiger partial charge is 0.355 e. The van der Waals surface area contributed by atoms with Crippen molar-refractivity contribution >= 4 is 23.0 Å². The van der Waals surface area contributed by atoms with Crippen molar-refractivity contribution in [3.8, 4) is 0 Å². The van der Waals surface area contributed by atoms with Crippen molar-refractivity contribution in [3.05, 3.63) is 84.7 Å². The number of hydrogen-bond acceptors (Lipinski definition) is 3. The molecule has 0 bridgehead atoms. The van der Waals surface area contributed by atoms with Gasteiger partial charge in [-0.05, 0) is 48.5 Å². The molecule has 1 amide bonds. The van der Waals surface area contributed by atoms with Crippen LogP contribution in [0.25, 0.3) is 0 Å². The highest BCUT2D eigenvalue weighted by atomic mass is 16.1. The standard InChI is InChI=1S/C18H15N3O/c22-18(14-4-2-1-3-5-14)21-16-8-6-15(7-9-16)20-17-10-12-19-13-11-17/h1-13H,(H,19,20)(H,21,22). The number of nitrogens with zero attached hydrogens (tertiary/aromatic N) is 1. The van der Waals surface area contributed by atoms with Gasteiger partial charge in [0.1, 0.15) is 0 Å². The first-order valence-corrected chi connectivity index (χ1v) is 6.95. The summed E-state index contributed by atoms with van der Waals surface area (Å²) >= 11 is 0. The maximum absolute atomic E-state index is 12.1. The van der Waals surface area contributed by atoms with Gasteiger partial charge in [-0.25, -0.2) is 0 Å². The van der Waals surface area contributed by atoms with Gasteiger partial charge in [-0.2, -0.15) is 0 Å². The molecule has 2 N–H and O–H groups in total. The molecule has 0 atom stereocenters. The summed E-state index contributed by atoms with van der Waals surface area (Å²) in [6, 6.07) is 20.5. The number of carbonyl (C=O) groups excluding carboxylic acids is 1. The molecule has 4 heteroatoms. The van der Waals surface area contributed by atoms with Crippen LogP contribution in [0.1, 0.15) is 10.4 Å². The minimum Gasteiger partial charge on any atom is -0.355 e. The zero-order chi connectivity index (χ0) is 15.2. The van der Waals surface area contributed by atoms with Crippen molar-refractivity contribution in [2.45, 2.75) is 0 Å². The van der Waals surface area contributed by atoms with E-state index in [1.165, 1.54) is 0 Å².